The van der Waals surface area contributed by atoms with E-state index in [1.54, 1.807) is 12.1 Å². The molecule has 0 atom stereocenters. The second-order valence-corrected chi connectivity index (χ2v) is 3.84. The number of nitrogens with one attached hydrogen (secondary N) is 1. The van der Waals surface area contributed by atoms with Crippen LogP contribution in [0.4, 0.5) is 4.39 Å². The number of hydrogen-bond donors (Lipinski definition) is 2. The molecule has 1 aromatic heterocycles. The van der Waals surface area contributed by atoms with Crippen LogP contribution >= 0.6 is 0 Å². The van der Waals surface area contributed by atoms with Crippen LogP contribution in [0.15, 0.2) is 41.0 Å². The molecule has 2 aromatic rings. The molecule has 1 heterocycles. The molecule has 0 aliphatic carbocycles. The Morgan fingerprint density at radius 3 is 2.83 bits per heavy atom. The third-order valence-electron chi connectivity index (χ3n) is 2.42. The topological polar surface area (TPSA) is 62.5 Å². The molecule has 0 aliphatic rings. The highest BCUT2D eigenvalue weighted by Gasteiger charge is 2.07. The molecule has 2 N–H and O–H groups in total. The van der Waals surface area contributed by atoms with Gasteiger partial charge in [-0.15, -0.1) is 0 Å². The van der Waals surface area contributed by atoms with Crippen LogP contribution in [-0.2, 0) is 13.1 Å². The number of benzene rings is 1. The summed E-state index contributed by atoms with van der Waals surface area (Å²) in [5.41, 5.74) is 0.942. The van der Waals surface area contributed by atoms with Gasteiger partial charge in [-0.3, -0.25) is 0 Å². The van der Waals surface area contributed by atoms with Crippen molar-refractivity contribution >= 4 is 5.97 Å². The van der Waals surface area contributed by atoms with Gasteiger partial charge < -0.3 is 14.8 Å². The number of rotatable bonds is 5. The zero-order chi connectivity index (χ0) is 13.0. The molecule has 0 spiro atoms. The summed E-state index contributed by atoms with van der Waals surface area (Å²) in [6.07, 6.45) is 1.20. The van der Waals surface area contributed by atoms with Crippen LogP contribution in [0, 0.1) is 5.82 Å². The van der Waals surface area contributed by atoms with E-state index in [9.17, 15) is 9.18 Å². The lowest BCUT2D eigenvalue weighted by Crippen LogP contribution is -2.12. The first-order valence-electron chi connectivity index (χ1n) is 5.41. The van der Waals surface area contributed by atoms with E-state index in [-0.39, 0.29) is 11.4 Å². The minimum atomic E-state index is -1.02. The maximum Gasteiger partial charge on any atom is 0.338 e. The largest absolute Gasteiger partial charge is 0.478 e. The molecule has 4 nitrogen and oxygen atoms in total. The summed E-state index contributed by atoms with van der Waals surface area (Å²) in [4.78, 5) is 10.6. The van der Waals surface area contributed by atoms with Gasteiger partial charge in [0, 0.05) is 6.54 Å². The second kappa shape index (κ2) is 5.46. The number of carboxylic acids is 1. The summed E-state index contributed by atoms with van der Waals surface area (Å²) in [5.74, 6) is -0.764. The summed E-state index contributed by atoms with van der Waals surface area (Å²) in [7, 11) is 0. The standard InChI is InChI=1S/C13H12FNO3/c14-11-3-1-2-9(4-11)6-15-7-12-5-10(8-18-12)13(16)17/h1-5,8,15H,6-7H2,(H,16,17). The predicted octanol–water partition coefficient (Wildman–Crippen LogP) is 2.41. The minimum absolute atomic E-state index is 0.123. The van der Waals surface area contributed by atoms with Crippen LogP contribution in [0.25, 0.3) is 0 Å². The number of aromatic carboxylic acids is 1. The Balaban J connectivity index is 1.86. The van der Waals surface area contributed by atoms with Crippen molar-refractivity contribution in [2.24, 2.45) is 0 Å². The number of carboxylic acid groups (broad SMARTS) is 1. The summed E-state index contributed by atoms with van der Waals surface area (Å²) >= 11 is 0. The van der Waals surface area contributed by atoms with Crippen molar-refractivity contribution in [3.63, 3.8) is 0 Å². The van der Waals surface area contributed by atoms with Crippen LogP contribution in [0.1, 0.15) is 21.7 Å². The van der Waals surface area contributed by atoms with Crippen molar-refractivity contribution in [2.75, 3.05) is 0 Å². The molecule has 94 valence electrons. The Kier molecular flexibility index (Phi) is 3.74. The van der Waals surface area contributed by atoms with Crippen molar-refractivity contribution in [1.82, 2.24) is 5.32 Å². The molecule has 0 radical (unpaired) electrons. The monoisotopic (exact) mass is 249 g/mol. The third kappa shape index (κ3) is 3.18. The van der Waals surface area contributed by atoms with Crippen LogP contribution in [0.2, 0.25) is 0 Å². The van der Waals surface area contributed by atoms with E-state index in [2.05, 4.69) is 5.32 Å². The van der Waals surface area contributed by atoms with Crippen LogP contribution in [0.3, 0.4) is 0 Å². The molecular weight excluding hydrogens is 237 g/mol. The van der Waals surface area contributed by atoms with Gasteiger partial charge >= 0.3 is 5.97 Å². The number of halogens is 1. The molecule has 18 heavy (non-hydrogen) atoms. The molecule has 0 unspecified atom stereocenters. The summed E-state index contributed by atoms with van der Waals surface area (Å²) < 4.78 is 18.0. The number of furan rings is 1. The lowest BCUT2D eigenvalue weighted by molar-refractivity contribution is 0.0696. The zero-order valence-electron chi connectivity index (χ0n) is 9.52. The van der Waals surface area contributed by atoms with Gasteiger partial charge in [-0.25, -0.2) is 9.18 Å². The smallest absolute Gasteiger partial charge is 0.338 e. The SMILES string of the molecule is O=C(O)c1coc(CNCc2cccc(F)c2)c1. The van der Waals surface area contributed by atoms with Gasteiger partial charge in [0.1, 0.15) is 17.8 Å². The number of carbonyl (C=O) groups is 1. The fourth-order valence-corrected chi connectivity index (χ4v) is 1.56. The van der Waals surface area contributed by atoms with Gasteiger partial charge in [0.15, 0.2) is 0 Å². The van der Waals surface area contributed by atoms with Crippen LogP contribution in [-0.4, -0.2) is 11.1 Å². The third-order valence-corrected chi connectivity index (χ3v) is 2.42. The van der Waals surface area contributed by atoms with E-state index in [4.69, 9.17) is 9.52 Å². The summed E-state index contributed by atoms with van der Waals surface area (Å²) in [6.45, 7) is 0.880. The Morgan fingerprint density at radius 1 is 1.33 bits per heavy atom. The molecule has 0 amide bonds. The Bertz CT molecular complexity index is 551. The van der Waals surface area contributed by atoms with Gasteiger partial charge in [0.25, 0.3) is 0 Å². The van der Waals surface area contributed by atoms with Crippen LogP contribution in [0.5, 0.6) is 0 Å². The Morgan fingerprint density at radius 2 is 2.17 bits per heavy atom. The molecule has 0 saturated carbocycles. The van der Waals surface area contributed by atoms with Crippen molar-refractivity contribution in [3.05, 3.63) is 59.3 Å². The molecule has 0 bridgehead atoms. The van der Waals surface area contributed by atoms with Gasteiger partial charge in [-0.2, -0.15) is 0 Å². The average molecular weight is 249 g/mol. The Labute approximate surface area is 103 Å². The van der Waals surface area contributed by atoms with E-state index in [0.717, 1.165) is 5.56 Å². The first-order valence-corrected chi connectivity index (χ1v) is 5.41. The lowest BCUT2D eigenvalue weighted by atomic mass is 10.2. The number of hydrogen-bond acceptors (Lipinski definition) is 3. The highest BCUT2D eigenvalue weighted by molar-refractivity contribution is 5.87. The summed E-state index contributed by atoms with van der Waals surface area (Å²) in [6, 6.07) is 7.73. The van der Waals surface area contributed by atoms with Gasteiger partial charge in [-0.1, -0.05) is 12.1 Å². The highest BCUT2D eigenvalue weighted by Crippen LogP contribution is 2.08. The van der Waals surface area contributed by atoms with Crippen molar-refractivity contribution in [2.45, 2.75) is 13.1 Å². The van der Waals surface area contributed by atoms with Gasteiger partial charge in [0.2, 0.25) is 0 Å². The van der Waals surface area contributed by atoms with Crippen molar-refractivity contribution < 1.29 is 18.7 Å². The second-order valence-electron chi connectivity index (χ2n) is 3.84. The first kappa shape index (κ1) is 12.3. The van der Waals surface area contributed by atoms with Crippen LogP contribution < -0.4 is 5.32 Å². The molecule has 1 aromatic carbocycles. The molecule has 0 aliphatic heterocycles. The van der Waals surface area contributed by atoms with E-state index in [0.29, 0.717) is 18.8 Å². The predicted molar refractivity (Wildman–Crippen MR) is 62.6 cm³/mol. The maximum atomic E-state index is 12.9. The Hall–Kier alpha value is -2.14. The molecule has 0 fully saturated rings. The molecule has 5 heteroatoms. The van der Waals surface area contributed by atoms with E-state index in [1.807, 2.05) is 0 Å². The maximum absolute atomic E-state index is 12.9. The molecular formula is C13H12FNO3. The lowest BCUT2D eigenvalue weighted by Gasteiger charge is -2.02. The first-order chi connectivity index (χ1) is 8.65. The molecule has 0 saturated heterocycles. The van der Waals surface area contributed by atoms with Gasteiger partial charge in [-0.05, 0) is 23.8 Å². The van der Waals surface area contributed by atoms with Crippen molar-refractivity contribution in [3.8, 4) is 0 Å². The van der Waals surface area contributed by atoms with E-state index < -0.39 is 5.97 Å². The van der Waals surface area contributed by atoms with Gasteiger partial charge in [0.05, 0.1) is 12.1 Å². The van der Waals surface area contributed by atoms with E-state index in [1.165, 1.54) is 24.5 Å². The average Bonchev–Trinajstić information content (AvgIpc) is 2.78. The minimum Gasteiger partial charge on any atom is -0.478 e. The zero-order valence-corrected chi connectivity index (χ0v) is 9.52. The quantitative estimate of drug-likeness (QED) is 0.854. The molecule has 2 rings (SSSR count). The normalized spacial score (nSPS) is 10.5. The van der Waals surface area contributed by atoms with E-state index >= 15 is 0 Å². The fourth-order valence-electron chi connectivity index (χ4n) is 1.56. The highest BCUT2D eigenvalue weighted by atomic mass is 19.1. The summed E-state index contributed by atoms with van der Waals surface area (Å²) in [5, 5.41) is 11.8. The van der Waals surface area contributed by atoms with Crippen molar-refractivity contribution in [1.29, 1.82) is 0 Å². The fraction of sp³-hybridized carbons (Fsp3) is 0.154.